The Morgan fingerprint density at radius 3 is 2.58 bits per heavy atom. The molecular weight excluding hydrogens is 591 g/mol. The van der Waals surface area contributed by atoms with Crippen LogP contribution < -0.4 is 16.0 Å². The van der Waals surface area contributed by atoms with Crippen LogP contribution >= 0.6 is 46.3 Å². The number of halogens is 2. The van der Waals surface area contributed by atoms with Crippen molar-refractivity contribution in [3.8, 4) is 0 Å². The highest BCUT2D eigenvalue weighted by atomic mass is 35.5. The van der Waals surface area contributed by atoms with Crippen molar-refractivity contribution in [2.24, 2.45) is 5.16 Å². The zero-order valence-electron chi connectivity index (χ0n) is 19.2. The minimum atomic E-state index is -1.44. The molecule has 0 saturated carbocycles. The number of oxime groups is 1. The van der Waals surface area contributed by atoms with Crippen LogP contribution in [0.1, 0.15) is 5.69 Å². The van der Waals surface area contributed by atoms with Gasteiger partial charge in [0.15, 0.2) is 10.8 Å². The second-order valence-electron chi connectivity index (χ2n) is 7.22. The molecule has 3 heterocycles. The first-order valence-corrected chi connectivity index (χ1v) is 13.3. The lowest BCUT2D eigenvalue weighted by atomic mass is 10.0. The molecule has 1 saturated heterocycles. The van der Waals surface area contributed by atoms with Crippen LogP contribution in [0.5, 0.6) is 0 Å². The Morgan fingerprint density at radius 1 is 1.24 bits per heavy atom. The summed E-state index contributed by atoms with van der Waals surface area (Å²) in [6.45, 7) is -0.499. The predicted molar refractivity (Wildman–Crippen MR) is 135 cm³/mol. The Balaban J connectivity index is 1.71. The smallest absolute Gasteiger partial charge is 0.414 e. The maximum Gasteiger partial charge on any atom is 0.414 e. The van der Waals surface area contributed by atoms with Crippen LogP contribution in [0.4, 0.5) is 9.93 Å². The highest BCUT2D eigenvalue weighted by Gasteiger charge is 2.54. The van der Waals surface area contributed by atoms with Gasteiger partial charge in [-0.2, -0.15) is 0 Å². The van der Waals surface area contributed by atoms with E-state index in [4.69, 9.17) is 32.8 Å². The minimum Gasteiger partial charge on any atom is -0.477 e. The highest BCUT2D eigenvalue weighted by Crippen LogP contribution is 2.40. The molecule has 0 radical (unpaired) electrons. The Bertz CT molecular complexity index is 1240. The average molecular weight is 609 g/mol. The number of fused-ring (bicyclic) bond motifs is 1. The Hall–Kier alpha value is -3.41. The van der Waals surface area contributed by atoms with Gasteiger partial charge in [-0.3, -0.25) is 29.4 Å². The molecule has 0 bridgehead atoms. The number of alkyl halides is 2. The number of carboxylic acids is 1. The van der Waals surface area contributed by atoms with E-state index in [1.165, 1.54) is 12.5 Å². The van der Waals surface area contributed by atoms with Crippen molar-refractivity contribution in [2.45, 2.75) is 11.4 Å². The first-order valence-electron chi connectivity index (χ1n) is 10.3. The lowest BCUT2D eigenvalue weighted by Crippen LogP contribution is -2.71. The van der Waals surface area contributed by atoms with Gasteiger partial charge in [0.25, 0.3) is 11.8 Å². The summed E-state index contributed by atoms with van der Waals surface area (Å²) in [5.74, 6) is -5.03. The van der Waals surface area contributed by atoms with Crippen LogP contribution in [0.2, 0.25) is 0 Å². The van der Waals surface area contributed by atoms with Gasteiger partial charge in [-0.1, -0.05) is 5.16 Å². The number of hydrogen-bond acceptors (Lipinski definition) is 12. The lowest BCUT2D eigenvalue weighted by molar-refractivity contribution is -0.150. The maximum absolute atomic E-state index is 12.9. The number of thiazole rings is 1. The van der Waals surface area contributed by atoms with E-state index in [0.29, 0.717) is 0 Å². The van der Waals surface area contributed by atoms with Gasteiger partial charge in [0.2, 0.25) is 11.8 Å². The summed E-state index contributed by atoms with van der Waals surface area (Å²) in [7, 11) is 1.20. The van der Waals surface area contributed by atoms with Gasteiger partial charge in [-0.25, -0.2) is 14.6 Å². The summed E-state index contributed by atoms with van der Waals surface area (Å²) < 4.78 is 4.87. The standard InChI is InChI=1S/C19H18Cl2N6O9S2/c1-35-26-11(8-6-38-18(22-8)23-9(28)2-20)14(30)25-12-15(31)27-13(17(32)33)7(5-37-16(12)27)4-36-19(34)24-10(29)3-21/h6,12,16H,2-5H2,1H3,(H,25,30)(H,32,33)(H,22,23,28)(H,24,29,34)/b26-11-/t12?,16-/m1/s1. The molecule has 1 aromatic rings. The molecule has 1 fully saturated rings. The number of imide groups is 1. The van der Waals surface area contributed by atoms with Gasteiger partial charge in [0.05, 0.1) is 0 Å². The number of alkyl carbamates (subject to hydrolysis) is 1. The lowest BCUT2D eigenvalue weighted by Gasteiger charge is -2.49. The third kappa shape index (κ3) is 6.53. The molecule has 5 amide bonds. The predicted octanol–water partition coefficient (Wildman–Crippen LogP) is -0.0989. The highest BCUT2D eigenvalue weighted by molar-refractivity contribution is 8.00. The van der Waals surface area contributed by atoms with Crippen LogP contribution in [0.25, 0.3) is 0 Å². The summed E-state index contributed by atoms with van der Waals surface area (Å²) in [6, 6.07) is -1.11. The van der Waals surface area contributed by atoms with E-state index in [1.54, 1.807) is 0 Å². The van der Waals surface area contributed by atoms with E-state index in [2.05, 4.69) is 20.8 Å². The molecule has 1 unspecified atom stereocenters. The second kappa shape index (κ2) is 12.9. The molecule has 2 aliphatic heterocycles. The number of aliphatic carboxylic acids is 1. The number of carbonyl (C=O) groups excluding carboxylic acids is 5. The van der Waals surface area contributed by atoms with E-state index < -0.39 is 65.3 Å². The number of nitrogens with one attached hydrogen (secondary N) is 3. The van der Waals surface area contributed by atoms with Crippen molar-refractivity contribution >= 4 is 92.8 Å². The molecule has 0 aliphatic carbocycles. The number of thioether (sulfide) groups is 1. The number of hydrogen-bond donors (Lipinski definition) is 4. The van der Waals surface area contributed by atoms with Crippen molar-refractivity contribution in [1.29, 1.82) is 0 Å². The van der Waals surface area contributed by atoms with Gasteiger partial charge in [0, 0.05) is 16.7 Å². The molecule has 0 spiro atoms. The zero-order valence-corrected chi connectivity index (χ0v) is 22.3. The summed E-state index contributed by atoms with van der Waals surface area (Å²) in [5.41, 5.74) is -0.523. The largest absolute Gasteiger partial charge is 0.477 e. The maximum atomic E-state index is 12.9. The van der Waals surface area contributed by atoms with Gasteiger partial charge in [-0.15, -0.1) is 46.3 Å². The van der Waals surface area contributed by atoms with Crippen LogP contribution in [0.3, 0.4) is 0 Å². The monoisotopic (exact) mass is 608 g/mol. The summed E-state index contributed by atoms with van der Waals surface area (Å²) in [6.07, 6.45) is -1.13. The molecule has 4 N–H and O–H groups in total. The molecule has 3 rings (SSSR count). The topological polar surface area (TPSA) is 206 Å². The van der Waals surface area contributed by atoms with Crippen LogP contribution in [-0.4, -0.2) is 99.0 Å². The minimum absolute atomic E-state index is 0.0495. The summed E-state index contributed by atoms with van der Waals surface area (Å²) in [4.78, 5) is 81.8. The van der Waals surface area contributed by atoms with Crippen LogP contribution in [-0.2, 0) is 33.5 Å². The number of aromatic nitrogens is 1. The van der Waals surface area contributed by atoms with E-state index in [9.17, 15) is 33.9 Å². The molecule has 204 valence electrons. The fourth-order valence-corrected chi connectivity index (χ4v) is 5.40. The number of amides is 5. The second-order valence-corrected chi connectivity index (χ2v) is 9.72. The quantitative estimate of drug-likeness (QED) is 0.119. The number of nitrogens with zero attached hydrogens (tertiary/aromatic N) is 3. The molecule has 1 aromatic heterocycles. The van der Waals surface area contributed by atoms with E-state index >= 15 is 0 Å². The average Bonchev–Trinajstić information content (AvgIpc) is 3.35. The normalized spacial score (nSPS) is 18.7. The SMILES string of the molecule is CO/N=C(\C(=O)NC1C(=O)N2C(C(=O)O)=C(COC(=O)NC(=O)CCl)CS[C@H]12)c1csc(NC(=O)CCl)n1. The van der Waals surface area contributed by atoms with E-state index in [-0.39, 0.29) is 33.7 Å². The summed E-state index contributed by atoms with van der Waals surface area (Å²) in [5, 5.41) is 20.9. The number of carbonyl (C=O) groups is 6. The fourth-order valence-electron chi connectivity index (χ4n) is 3.23. The van der Waals surface area contributed by atoms with Crippen LogP contribution in [0, 0.1) is 0 Å². The molecule has 19 heteroatoms. The van der Waals surface area contributed by atoms with Crippen molar-refractivity contribution in [2.75, 3.05) is 36.5 Å². The number of carboxylic acid groups (broad SMARTS) is 1. The number of rotatable bonds is 10. The molecule has 0 aromatic carbocycles. The Labute approximate surface area is 231 Å². The van der Waals surface area contributed by atoms with Gasteiger partial charge >= 0.3 is 12.1 Å². The molecule has 38 heavy (non-hydrogen) atoms. The van der Waals surface area contributed by atoms with Crippen molar-refractivity contribution < 1.29 is 43.4 Å². The van der Waals surface area contributed by atoms with Crippen molar-refractivity contribution in [1.82, 2.24) is 20.5 Å². The van der Waals surface area contributed by atoms with Crippen molar-refractivity contribution in [3.05, 3.63) is 22.3 Å². The summed E-state index contributed by atoms with van der Waals surface area (Å²) >= 11 is 12.9. The zero-order chi connectivity index (χ0) is 28.0. The molecule has 2 aliphatic rings. The van der Waals surface area contributed by atoms with Crippen LogP contribution in [0.15, 0.2) is 21.8 Å². The van der Waals surface area contributed by atoms with Crippen molar-refractivity contribution in [3.63, 3.8) is 0 Å². The fraction of sp³-hybridized carbons (Fsp3) is 0.368. The first-order chi connectivity index (χ1) is 18.1. The van der Waals surface area contributed by atoms with Gasteiger partial charge < -0.3 is 25.3 Å². The van der Waals surface area contributed by atoms with Gasteiger partial charge in [0.1, 0.15) is 48.3 Å². The first kappa shape index (κ1) is 29.2. The molecule has 2 atom stereocenters. The number of anilines is 1. The van der Waals surface area contributed by atoms with Gasteiger partial charge in [-0.05, 0) is 0 Å². The Kier molecular flexibility index (Phi) is 9.90. The molecule has 15 nitrogen and oxygen atoms in total. The molecular formula is C19H18Cl2N6O9S2. The van der Waals surface area contributed by atoms with E-state index in [1.807, 2.05) is 5.32 Å². The third-order valence-electron chi connectivity index (χ3n) is 4.79. The number of β-lactam (4-membered cyclic amide) rings is 1. The van der Waals surface area contributed by atoms with E-state index in [0.717, 1.165) is 28.0 Å². The Morgan fingerprint density at radius 2 is 1.95 bits per heavy atom. The number of ether oxygens (including phenoxy) is 1. The third-order valence-corrected chi connectivity index (χ3v) is 7.37.